The smallest absolute Gasteiger partial charge is 0.242 e. The fraction of sp³-hybridized carbons (Fsp3) is 0.429. The standard InChI is InChI=1S/C14H21N3O3S/c1-2-10(5-6-18)8-17-21(19,20)14-9-16-13-4-3-11(15)7-12(13)14/h3-4,7,9-10,16-18H,2,5-6,8,15H2,1H3. The third-order valence-electron chi connectivity index (χ3n) is 3.63. The first kappa shape index (κ1) is 15.8. The number of nitrogen functional groups attached to an aromatic ring is 1. The molecule has 0 spiro atoms. The Morgan fingerprint density at radius 3 is 2.86 bits per heavy atom. The van der Waals surface area contributed by atoms with Crippen molar-refractivity contribution in [3.05, 3.63) is 24.4 Å². The summed E-state index contributed by atoms with van der Waals surface area (Å²) < 4.78 is 27.4. The lowest BCUT2D eigenvalue weighted by molar-refractivity contribution is 0.254. The fourth-order valence-corrected chi connectivity index (χ4v) is 3.56. The molecule has 0 aliphatic carbocycles. The van der Waals surface area contributed by atoms with Crippen molar-refractivity contribution in [3.8, 4) is 0 Å². The molecule has 0 amide bonds. The zero-order valence-electron chi connectivity index (χ0n) is 12.0. The third-order valence-corrected chi connectivity index (χ3v) is 5.10. The number of aromatic amines is 1. The van der Waals surface area contributed by atoms with E-state index < -0.39 is 10.0 Å². The second-order valence-corrected chi connectivity index (χ2v) is 6.83. The number of anilines is 1. The molecule has 0 aliphatic rings. The number of aliphatic hydroxyl groups is 1. The Morgan fingerprint density at radius 1 is 1.43 bits per heavy atom. The Balaban J connectivity index is 2.23. The van der Waals surface area contributed by atoms with Gasteiger partial charge in [0.05, 0.1) is 0 Å². The molecule has 0 aliphatic heterocycles. The van der Waals surface area contributed by atoms with Gasteiger partial charge in [0.15, 0.2) is 0 Å². The van der Waals surface area contributed by atoms with Crippen molar-refractivity contribution in [2.75, 3.05) is 18.9 Å². The van der Waals surface area contributed by atoms with Gasteiger partial charge in [0.1, 0.15) is 4.90 Å². The maximum atomic E-state index is 12.4. The average molecular weight is 311 g/mol. The number of aromatic nitrogens is 1. The first-order valence-electron chi connectivity index (χ1n) is 6.95. The number of hydrogen-bond acceptors (Lipinski definition) is 4. The molecule has 0 saturated heterocycles. The summed E-state index contributed by atoms with van der Waals surface area (Å²) in [6, 6.07) is 5.12. The predicted octanol–water partition coefficient (Wildman–Crippen LogP) is 1.44. The monoisotopic (exact) mass is 311 g/mol. The van der Waals surface area contributed by atoms with Crippen LogP contribution >= 0.6 is 0 Å². The van der Waals surface area contributed by atoms with Gasteiger partial charge >= 0.3 is 0 Å². The lowest BCUT2D eigenvalue weighted by Crippen LogP contribution is -2.29. The van der Waals surface area contributed by atoms with Gasteiger partial charge in [-0.2, -0.15) is 0 Å². The van der Waals surface area contributed by atoms with Crippen LogP contribution in [0.1, 0.15) is 19.8 Å². The van der Waals surface area contributed by atoms with E-state index in [1.54, 1.807) is 18.2 Å². The first-order chi connectivity index (χ1) is 9.97. The summed E-state index contributed by atoms with van der Waals surface area (Å²) in [4.78, 5) is 3.13. The Kier molecular flexibility index (Phi) is 4.87. The van der Waals surface area contributed by atoms with Crippen molar-refractivity contribution >= 4 is 26.6 Å². The molecule has 1 aromatic heterocycles. The lowest BCUT2D eigenvalue weighted by atomic mass is 10.0. The van der Waals surface area contributed by atoms with Crippen molar-refractivity contribution in [2.24, 2.45) is 5.92 Å². The highest BCUT2D eigenvalue weighted by molar-refractivity contribution is 7.89. The van der Waals surface area contributed by atoms with Gasteiger partial charge in [0, 0.05) is 35.9 Å². The van der Waals surface area contributed by atoms with Crippen molar-refractivity contribution in [1.82, 2.24) is 9.71 Å². The number of aliphatic hydroxyl groups excluding tert-OH is 1. The minimum absolute atomic E-state index is 0.0594. The summed E-state index contributed by atoms with van der Waals surface area (Å²) in [5, 5.41) is 9.54. The van der Waals surface area contributed by atoms with Crippen LogP contribution in [0.2, 0.25) is 0 Å². The molecule has 0 radical (unpaired) electrons. The van der Waals surface area contributed by atoms with Gasteiger partial charge in [0.2, 0.25) is 10.0 Å². The van der Waals surface area contributed by atoms with E-state index in [4.69, 9.17) is 10.8 Å². The second-order valence-electron chi connectivity index (χ2n) is 5.10. The zero-order valence-corrected chi connectivity index (χ0v) is 12.8. The molecule has 0 saturated carbocycles. The summed E-state index contributed by atoms with van der Waals surface area (Å²) >= 11 is 0. The number of H-pyrrole nitrogens is 1. The van der Waals surface area contributed by atoms with Gasteiger partial charge in [-0.1, -0.05) is 13.3 Å². The number of fused-ring (bicyclic) bond motifs is 1. The first-order valence-corrected chi connectivity index (χ1v) is 8.43. The molecule has 0 fully saturated rings. The van der Waals surface area contributed by atoms with Gasteiger partial charge in [-0.05, 0) is 30.5 Å². The normalized spacial score (nSPS) is 13.6. The van der Waals surface area contributed by atoms with E-state index in [0.29, 0.717) is 24.0 Å². The second kappa shape index (κ2) is 6.46. The van der Waals surface area contributed by atoms with Crippen LogP contribution in [0.25, 0.3) is 10.9 Å². The van der Waals surface area contributed by atoms with E-state index in [0.717, 1.165) is 11.9 Å². The molecule has 1 atom stereocenters. The van der Waals surface area contributed by atoms with Crippen LogP contribution < -0.4 is 10.5 Å². The number of nitrogens with two attached hydrogens (primary N) is 1. The molecule has 2 aromatic rings. The largest absolute Gasteiger partial charge is 0.399 e. The molecule has 21 heavy (non-hydrogen) atoms. The SMILES string of the molecule is CCC(CCO)CNS(=O)(=O)c1c[nH]c2ccc(N)cc12. The average Bonchev–Trinajstić information content (AvgIpc) is 2.87. The quantitative estimate of drug-likeness (QED) is 0.580. The molecule has 1 heterocycles. The van der Waals surface area contributed by atoms with E-state index in [9.17, 15) is 8.42 Å². The number of sulfonamides is 1. The lowest BCUT2D eigenvalue weighted by Gasteiger charge is -2.14. The molecular weight excluding hydrogens is 290 g/mol. The highest BCUT2D eigenvalue weighted by Gasteiger charge is 2.20. The van der Waals surface area contributed by atoms with Crippen LogP contribution in [-0.2, 0) is 10.0 Å². The maximum absolute atomic E-state index is 12.4. The van der Waals surface area contributed by atoms with Crippen LogP contribution in [0.4, 0.5) is 5.69 Å². The van der Waals surface area contributed by atoms with Crippen LogP contribution in [0.5, 0.6) is 0 Å². The molecule has 0 bridgehead atoms. The van der Waals surface area contributed by atoms with E-state index in [2.05, 4.69) is 9.71 Å². The maximum Gasteiger partial charge on any atom is 0.242 e. The summed E-state index contributed by atoms with van der Waals surface area (Å²) in [7, 11) is -3.60. The van der Waals surface area contributed by atoms with Gasteiger partial charge in [-0.25, -0.2) is 13.1 Å². The Labute approximate surface area is 124 Å². The van der Waals surface area contributed by atoms with Crippen molar-refractivity contribution in [3.63, 3.8) is 0 Å². The van der Waals surface area contributed by atoms with E-state index >= 15 is 0 Å². The van der Waals surface area contributed by atoms with E-state index in [1.165, 1.54) is 6.20 Å². The number of benzene rings is 1. The summed E-state index contributed by atoms with van der Waals surface area (Å²) in [5.41, 5.74) is 6.97. The Bertz CT molecular complexity index is 709. The number of nitrogens with one attached hydrogen (secondary N) is 2. The molecule has 6 nitrogen and oxygen atoms in total. The van der Waals surface area contributed by atoms with Crippen molar-refractivity contribution in [2.45, 2.75) is 24.7 Å². The number of rotatable bonds is 7. The topological polar surface area (TPSA) is 108 Å². The van der Waals surface area contributed by atoms with Crippen LogP contribution in [0.15, 0.2) is 29.3 Å². The molecule has 2 rings (SSSR count). The van der Waals surface area contributed by atoms with Crippen LogP contribution in [0.3, 0.4) is 0 Å². The molecule has 1 unspecified atom stereocenters. The number of hydrogen-bond donors (Lipinski definition) is 4. The van der Waals surface area contributed by atoms with Gasteiger partial charge in [-0.3, -0.25) is 0 Å². The minimum atomic E-state index is -3.60. The predicted molar refractivity (Wildman–Crippen MR) is 83.4 cm³/mol. The highest BCUT2D eigenvalue weighted by atomic mass is 32.2. The Hall–Kier alpha value is -1.57. The Morgan fingerprint density at radius 2 is 2.19 bits per heavy atom. The summed E-state index contributed by atoms with van der Waals surface area (Å²) in [6.45, 7) is 2.35. The van der Waals surface area contributed by atoms with Gasteiger partial charge in [-0.15, -0.1) is 0 Å². The third kappa shape index (κ3) is 3.55. The zero-order chi connectivity index (χ0) is 15.5. The van der Waals surface area contributed by atoms with Crippen molar-refractivity contribution < 1.29 is 13.5 Å². The minimum Gasteiger partial charge on any atom is -0.399 e. The molecule has 1 aromatic carbocycles. The highest BCUT2D eigenvalue weighted by Crippen LogP contribution is 2.24. The van der Waals surface area contributed by atoms with E-state index in [-0.39, 0.29) is 17.4 Å². The molecule has 5 N–H and O–H groups in total. The summed E-state index contributed by atoms with van der Waals surface area (Å²) in [5.74, 6) is 0.125. The molecule has 7 heteroatoms. The van der Waals surface area contributed by atoms with Gasteiger partial charge < -0.3 is 15.8 Å². The van der Waals surface area contributed by atoms with Crippen LogP contribution in [0, 0.1) is 5.92 Å². The fourth-order valence-electron chi connectivity index (χ4n) is 2.27. The van der Waals surface area contributed by atoms with Gasteiger partial charge in [0.25, 0.3) is 0 Å². The van der Waals surface area contributed by atoms with Crippen molar-refractivity contribution in [1.29, 1.82) is 0 Å². The van der Waals surface area contributed by atoms with E-state index in [1.807, 2.05) is 6.92 Å². The molecule has 116 valence electrons. The summed E-state index contributed by atoms with van der Waals surface area (Å²) in [6.07, 6.45) is 2.86. The van der Waals surface area contributed by atoms with Crippen LogP contribution in [-0.4, -0.2) is 31.7 Å². The molecular formula is C14H21N3O3S.